The molecule has 0 fully saturated rings. The average Bonchev–Trinajstić information content (AvgIpc) is 3.16. The van der Waals surface area contributed by atoms with E-state index in [1.54, 1.807) is 19.2 Å². The number of halogens is 1. The zero-order chi connectivity index (χ0) is 20.6. The largest absolute Gasteiger partial charge is 0.459 e. The lowest BCUT2D eigenvalue weighted by atomic mass is 10.1. The minimum Gasteiger partial charge on any atom is -0.459 e. The molecule has 0 atom stereocenters. The van der Waals surface area contributed by atoms with Gasteiger partial charge in [-0.2, -0.15) is 0 Å². The van der Waals surface area contributed by atoms with E-state index in [1.807, 2.05) is 0 Å². The van der Waals surface area contributed by atoms with Crippen molar-refractivity contribution in [2.75, 3.05) is 26.4 Å². The van der Waals surface area contributed by atoms with Crippen molar-refractivity contribution in [1.29, 1.82) is 0 Å². The van der Waals surface area contributed by atoms with E-state index >= 15 is 0 Å². The van der Waals surface area contributed by atoms with Crippen molar-refractivity contribution in [1.82, 2.24) is 16.0 Å². The van der Waals surface area contributed by atoms with Crippen molar-refractivity contribution in [3.8, 4) is 0 Å². The number of carbonyl (C=O) groups excluding carboxylic acids is 1. The highest BCUT2D eigenvalue weighted by Gasteiger charge is 2.11. The van der Waals surface area contributed by atoms with Gasteiger partial charge in [0.2, 0.25) is 0 Å². The van der Waals surface area contributed by atoms with Gasteiger partial charge in [0.05, 0.1) is 12.0 Å². The number of aliphatic imine (C=N–C) groups is 1. The van der Waals surface area contributed by atoms with Gasteiger partial charge in [-0.25, -0.2) is 12.8 Å². The zero-order valence-corrected chi connectivity index (χ0v) is 16.5. The molecule has 1 amide bonds. The monoisotopic (exact) mass is 410 g/mol. The van der Waals surface area contributed by atoms with Gasteiger partial charge in [0.15, 0.2) is 21.6 Å². The van der Waals surface area contributed by atoms with Crippen LogP contribution in [-0.4, -0.2) is 46.7 Å². The summed E-state index contributed by atoms with van der Waals surface area (Å²) in [5.41, 5.74) is 1.05. The first kappa shape index (κ1) is 21.4. The molecule has 28 heavy (non-hydrogen) atoms. The quantitative estimate of drug-likeness (QED) is 0.341. The van der Waals surface area contributed by atoms with Crippen LogP contribution in [0, 0.1) is 5.82 Å². The molecule has 0 aliphatic carbocycles. The lowest BCUT2D eigenvalue weighted by molar-refractivity contribution is 0.0926. The van der Waals surface area contributed by atoms with E-state index in [1.165, 1.54) is 24.5 Å². The number of hydrogen-bond acceptors (Lipinski definition) is 5. The molecule has 0 unspecified atom stereocenters. The Balaban J connectivity index is 1.85. The number of guanidine groups is 1. The fourth-order valence-electron chi connectivity index (χ4n) is 2.43. The van der Waals surface area contributed by atoms with Crippen LogP contribution < -0.4 is 16.0 Å². The molecule has 8 nitrogen and oxygen atoms in total. The van der Waals surface area contributed by atoms with E-state index in [0.717, 1.165) is 6.26 Å². The second kappa shape index (κ2) is 9.88. The fourth-order valence-corrected chi connectivity index (χ4v) is 3.28. The molecular weight excluding hydrogens is 387 g/mol. The van der Waals surface area contributed by atoms with E-state index in [4.69, 9.17) is 4.42 Å². The van der Waals surface area contributed by atoms with Crippen LogP contribution in [0.25, 0.3) is 0 Å². The van der Waals surface area contributed by atoms with Crippen LogP contribution in [0.3, 0.4) is 0 Å². The van der Waals surface area contributed by atoms with Crippen LogP contribution in [0.4, 0.5) is 4.39 Å². The number of rotatable bonds is 8. The highest BCUT2D eigenvalue weighted by Crippen LogP contribution is 2.14. The molecule has 1 heterocycles. The number of furan rings is 1. The third-order valence-electron chi connectivity index (χ3n) is 3.70. The van der Waals surface area contributed by atoms with Crippen molar-refractivity contribution in [2.45, 2.75) is 12.3 Å². The number of amides is 1. The van der Waals surface area contributed by atoms with Gasteiger partial charge in [0.1, 0.15) is 5.82 Å². The van der Waals surface area contributed by atoms with Crippen LogP contribution in [0.1, 0.15) is 21.7 Å². The number of hydrogen-bond donors (Lipinski definition) is 3. The van der Waals surface area contributed by atoms with Gasteiger partial charge >= 0.3 is 0 Å². The zero-order valence-electron chi connectivity index (χ0n) is 15.7. The van der Waals surface area contributed by atoms with Crippen molar-refractivity contribution < 1.29 is 22.0 Å². The van der Waals surface area contributed by atoms with Crippen LogP contribution >= 0.6 is 0 Å². The number of nitrogens with one attached hydrogen (secondary N) is 3. The lowest BCUT2D eigenvalue weighted by Gasteiger charge is -2.14. The molecule has 3 N–H and O–H groups in total. The fraction of sp³-hybridized carbons (Fsp3) is 0.333. The second-order valence-electron chi connectivity index (χ2n) is 6.07. The molecular formula is C18H23FN4O4S. The third kappa shape index (κ3) is 7.03. The molecule has 2 rings (SSSR count). The molecule has 0 aliphatic heterocycles. The van der Waals surface area contributed by atoms with Gasteiger partial charge in [-0.1, -0.05) is 6.07 Å². The van der Waals surface area contributed by atoms with Crippen LogP contribution in [0.2, 0.25) is 0 Å². The molecule has 0 spiro atoms. The summed E-state index contributed by atoms with van der Waals surface area (Å²) >= 11 is 0. The summed E-state index contributed by atoms with van der Waals surface area (Å²) < 4.78 is 41.7. The first-order chi connectivity index (χ1) is 13.3. The first-order valence-electron chi connectivity index (χ1n) is 8.50. The normalized spacial score (nSPS) is 11.9. The maximum Gasteiger partial charge on any atom is 0.287 e. The van der Waals surface area contributed by atoms with E-state index in [-0.39, 0.29) is 24.0 Å². The van der Waals surface area contributed by atoms with Crippen molar-refractivity contribution in [3.63, 3.8) is 0 Å². The van der Waals surface area contributed by atoms with Gasteiger partial charge in [-0.05, 0) is 35.4 Å². The van der Waals surface area contributed by atoms with Crippen LogP contribution in [-0.2, 0) is 22.1 Å². The summed E-state index contributed by atoms with van der Waals surface area (Å²) in [5.74, 6) is -0.277. The molecule has 152 valence electrons. The SMILES string of the molecule is CN=C(NCCNC(=O)c1ccco1)NCc1cc(F)ccc1CS(C)(=O)=O. The van der Waals surface area contributed by atoms with Crippen LogP contribution in [0.15, 0.2) is 46.0 Å². The van der Waals surface area contributed by atoms with Gasteiger partial charge in [0.25, 0.3) is 5.91 Å². The van der Waals surface area contributed by atoms with Gasteiger partial charge < -0.3 is 20.4 Å². The summed E-state index contributed by atoms with van der Waals surface area (Å²) in [6.45, 7) is 0.923. The summed E-state index contributed by atoms with van der Waals surface area (Å²) in [4.78, 5) is 15.8. The van der Waals surface area contributed by atoms with E-state index in [9.17, 15) is 17.6 Å². The molecule has 0 aliphatic rings. The summed E-state index contributed by atoms with van der Waals surface area (Å²) in [6, 6.07) is 7.19. The number of sulfone groups is 1. The molecule has 0 saturated heterocycles. The predicted octanol–water partition coefficient (Wildman–Crippen LogP) is 1.06. The van der Waals surface area contributed by atoms with E-state index < -0.39 is 15.7 Å². The topological polar surface area (TPSA) is 113 Å². The number of nitrogens with zero attached hydrogens (tertiary/aromatic N) is 1. The Morgan fingerprint density at radius 3 is 2.54 bits per heavy atom. The Kier molecular flexibility index (Phi) is 7.56. The highest BCUT2D eigenvalue weighted by atomic mass is 32.2. The molecule has 1 aromatic carbocycles. The van der Waals surface area contributed by atoms with Crippen LogP contribution in [0.5, 0.6) is 0 Å². The Morgan fingerprint density at radius 1 is 1.14 bits per heavy atom. The molecule has 10 heteroatoms. The average molecular weight is 410 g/mol. The van der Waals surface area contributed by atoms with Crippen molar-refractivity contribution in [2.24, 2.45) is 4.99 Å². The van der Waals surface area contributed by atoms with E-state index in [2.05, 4.69) is 20.9 Å². The number of benzene rings is 1. The number of carbonyl (C=O) groups is 1. The lowest BCUT2D eigenvalue weighted by Crippen LogP contribution is -2.41. The Labute approximate surface area is 163 Å². The smallest absolute Gasteiger partial charge is 0.287 e. The highest BCUT2D eigenvalue weighted by molar-refractivity contribution is 7.89. The molecule has 1 aromatic heterocycles. The minimum atomic E-state index is -3.25. The summed E-state index contributed by atoms with van der Waals surface area (Å²) in [5, 5.41) is 8.69. The van der Waals surface area contributed by atoms with Gasteiger partial charge in [0, 0.05) is 32.9 Å². The molecule has 0 radical (unpaired) electrons. The Bertz CT molecular complexity index is 927. The standard InChI is InChI=1S/C18H23FN4O4S/c1-20-18(22-8-7-21-17(24)16-4-3-9-27-16)23-11-14-10-15(19)6-5-13(14)12-28(2,25)26/h3-6,9-10H,7-8,11-12H2,1-2H3,(H,21,24)(H2,20,22,23). The maximum absolute atomic E-state index is 13.6. The molecule has 0 saturated carbocycles. The van der Waals surface area contributed by atoms with Crippen molar-refractivity contribution in [3.05, 3.63) is 59.3 Å². The Hall–Kier alpha value is -2.88. The maximum atomic E-state index is 13.6. The third-order valence-corrected chi connectivity index (χ3v) is 4.54. The van der Waals surface area contributed by atoms with Gasteiger partial charge in [-0.15, -0.1) is 0 Å². The Morgan fingerprint density at radius 2 is 1.89 bits per heavy atom. The molecule has 0 bridgehead atoms. The van der Waals surface area contributed by atoms with Crippen molar-refractivity contribution >= 4 is 21.7 Å². The summed E-state index contributed by atoms with van der Waals surface area (Å²) in [6.07, 6.45) is 2.55. The van der Waals surface area contributed by atoms with E-state index in [0.29, 0.717) is 30.2 Å². The predicted molar refractivity (Wildman–Crippen MR) is 104 cm³/mol. The summed E-state index contributed by atoms with van der Waals surface area (Å²) in [7, 11) is -1.68. The molecule has 2 aromatic rings. The first-order valence-corrected chi connectivity index (χ1v) is 10.6. The second-order valence-corrected chi connectivity index (χ2v) is 8.21. The van der Waals surface area contributed by atoms with Gasteiger partial charge in [-0.3, -0.25) is 9.79 Å². The minimum absolute atomic E-state index is 0.171.